The van der Waals surface area contributed by atoms with Crippen LogP contribution in [-0.4, -0.2) is 23.1 Å². The number of nitrogens with zero attached hydrogens (tertiary/aromatic N) is 3. The van der Waals surface area contributed by atoms with Crippen molar-refractivity contribution in [1.82, 2.24) is 9.97 Å². The van der Waals surface area contributed by atoms with Crippen LogP contribution in [0, 0.1) is 0 Å². The standard InChI is InChI=1S/C18H16Cl2N4/c19-14-5-4-12-13(11-3-6-15(21)22-10-11)9-16(23-18(12)17(14)20)24-7-1-2-8-24/h3-6,9-10H,1-2,7-8H2,(H2,21,22). The fraction of sp³-hybridized carbons (Fsp3) is 0.222. The fourth-order valence-electron chi connectivity index (χ4n) is 3.13. The highest BCUT2D eigenvalue weighted by molar-refractivity contribution is 6.45. The average molecular weight is 359 g/mol. The van der Waals surface area contributed by atoms with Crippen LogP contribution in [0.1, 0.15) is 12.8 Å². The van der Waals surface area contributed by atoms with Crippen molar-refractivity contribution in [3.8, 4) is 11.1 Å². The molecule has 3 heterocycles. The van der Waals surface area contributed by atoms with Gasteiger partial charge < -0.3 is 10.6 Å². The zero-order valence-corrected chi connectivity index (χ0v) is 14.5. The molecule has 0 bridgehead atoms. The van der Waals surface area contributed by atoms with E-state index >= 15 is 0 Å². The van der Waals surface area contributed by atoms with Crippen LogP contribution >= 0.6 is 23.2 Å². The van der Waals surface area contributed by atoms with E-state index < -0.39 is 0 Å². The lowest BCUT2D eigenvalue weighted by Crippen LogP contribution is -2.19. The SMILES string of the molecule is Nc1ccc(-c2cc(N3CCCC3)nc3c(Cl)c(Cl)ccc23)cn1. The second-order valence-corrected chi connectivity index (χ2v) is 6.74. The largest absolute Gasteiger partial charge is 0.384 e. The minimum Gasteiger partial charge on any atom is -0.384 e. The number of pyridine rings is 2. The minimum atomic E-state index is 0.486. The highest BCUT2D eigenvalue weighted by atomic mass is 35.5. The summed E-state index contributed by atoms with van der Waals surface area (Å²) in [5.41, 5.74) is 8.46. The highest BCUT2D eigenvalue weighted by Crippen LogP contribution is 2.37. The molecule has 1 aliphatic rings. The van der Waals surface area contributed by atoms with Crippen LogP contribution < -0.4 is 10.6 Å². The maximum Gasteiger partial charge on any atom is 0.129 e. The van der Waals surface area contributed by atoms with Crippen molar-refractivity contribution < 1.29 is 0 Å². The predicted octanol–water partition coefficient (Wildman–Crippen LogP) is 4.79. The number of nitrogens with two attached hydrogens (primary N) is 1. The van der Waals surface area contributed by atoms with Gasteiger partial charge >= 0.3 is 0 Å². The molecule has 122 valence electrons. The van der Waals surface area contributed by atoms with Gasteiger partial charge in [-0.05, 0) is 42.7 Å². The first-order valence-electron chi connectivity index (χ1n) is 7.89. The van der Waals surface area contributed by atoms with Crippen molar-refractivity contribution in [3.05, 3.63) is 46.6 Å². The summed E-state index contributed by atoms with van der Waals surface area (Å²) in [4.78, 5) is 11.3. The lowest BCUT2D eigenvalue weighted by Gasteiger charge is -2.19. The third kappa shape index (κ3) is 2.66. The highest BCUT2D eigenvalue weighted by Gasteiger charge is 2.18. The van der Waals surface area contributed by atoms with Crippen molar-refractivity contribution in [1.29, 1.82) is 0 Å². The quantitative estimate of drug-likeness (QED) is 0.715. The summed E-state index contributed by atoms with van der Waals surface area (Å²) >= 11 is 12.6. The van der Waals surface area contributed by atoms with Crippen LogP contribution in [-0.2, 0) is 0 Å². The Morgan fingerprint density at radius 1 is 1.04 bits per heavy atom. The molecule has 0 atom stereocenters. The van der Waals surface area contributed by atoms with Crippen LogP contribution in [0.3, 0.4) is 0 Å². The van der Waals surface area contributed by atoms with E-state index in [-0.39, 0.29) is 0 Å². The first-order valence-corrected chi connectivity index (χ1v) is 8.65. The van der Waals surface area contributed by atoms with Gasteiger partial charge in [-0.3, -0.25) is 0 Å². The van der Waals surface area contributed by atoms with Crippen LogP contribution in [0.25, 0.3) is 22.0 Å². The number of hydrogen-bond acceptors (Lipinski definition) is 4. The van der Waals surface area contributed by atoms with E-state index in [1.807, 2.05) is 12.1 Å². The van der Waals surface area contributed by atoms with Gasteiger partial charge in [0.25, 0.3) is 0 Å². The molecule has 0 amide bonds. The van der Waals surface area contributed by atoms with Crippen molar-refractivity contribution in [2.24, 2.45) is 0 Å². The smallest absolute Gasteiger partial charge is 0.129 e. The zero-order valence-electron chi connectivity index (χ0n) is 13.0. The summed E-state index contributed by atoms with van der Waals surface area (Å²) in [6.45, 7) is 2.02. The molecule has 2 N–H and O–H groups in total. The first kappa shape index (κ1) is 15.5. The molecule has 3 aromatic rings. The van der Waals surface area contributed by atoms with Crippen LogP contribution in [0.2, 0.25) is 10.0 Å². The zero-order chi connectivity index (χ0) is 16.7. The van der Waals surface area contributed by atoms with Crippen LogP contribution in [0.15, 0.2) is 36.5 Å². The molecule has 1 aliphatic heterocycles. The second-order valence-electron chi connectivity index (χ2n) is 5.95. The van der Waals surface area contributed by atoms with Crippen molar-refractivity contribution in [2.75, 3.05) is 23.7 Å². The van der Waals surface area contributed by atoms with Crippen molar-refractivity contribution in [3.63, 3.8) is 0 Å². The van der Waals surface area contributed by atoms with E-state index in [1.54, 1.807) is 18.3 Å². The molecule has 0 aliphatic carbocycles. The number of hydrogen-bond donors (Lipinski definition) is 1. The summed E-state index contributed by atoms with van der Waals surface area (Å²) < 4.78 is 0. The normalized spacial score (nSPS) is 14.5. The van der Waals surface area contributed by atoms with E-state index in [4.69, 9.17) is 33.9 Å². The molecule has 0 saturated carbocycles. The molecule has 1 saturated heterocycles. The van der Waals surface area contributed by atoms with E-state index in [0.717, 1.165) is 40.9 Å². The van der Waals surface area contributed by atoms with Crippen LogP contribution in [0.5, 0.6) is 0 Å². The number of fused-ring (bicyclic) bond motifs is 1. The summed E-state index contributed by atoms with van der Waals surface area (Å²) in [6, 6.07) is 9.63. The summed E-state index contributed by atoms with van der Waals surface area (Å²) in [5, 5.41) is 1.95. The van der Waals surface area contributed by atoms with Gasteiger partial charge in [0.1, 0.15) is 11.6 Å². The van der Waals surface area contributed by atoms with E-state index in [0.29, 0.717) is 15.9 Å². The molecule has 1 fully saturated rings. The molecule has 4 rings (SSSR count). The van der Waals surface area contributed by atoms with E-state index in [9.17, 15) is 0 Å². The molecule has 0 unspecified atom stereocenters. The first-order chi connectivity index (χ1) is 11.6. The molecular formula is C18H16Cl2N4. The topological polar surface area (TPSA) is 55.0 Å². The summed E-state index contributed by atoms with van der Waals surface area (Å²) in [6.07, 6.45) is 4.14. The van der Waals surface area contributed by atoms with Gasteiger partial charge in [0.2, 0.25) is 0 Å². The molecule has 4 nitrogen and oxygen atoms in total. The second kappa shape index (κ2) is 6.11. The summed E-state index contributed by atoms with van der Waals surface area (Å²) in [7, 11) is 0. The summed E-state index contributed by atoms with van der Waals surface area (Å²) in [5.74, 6) is 1.42. The third-order valence-electron chi connectivity index (χ3n) is 4.39. The van der Waals surface area contributed by atoms with Gasteiger partial charge in [0.05, 0.1) is 15.6 Å². The van der Waals surface area contributed by atoms with Gasteiger partial charge in [-0.1, -0.05) is 29.3 Å². The molecule has 24 heavy (non-hydrogen) atoms. The number of anilines is 2. The maximum absolute atomic E-state index is 6.44. The van der Waals surface area contributed by atoms with E-state index in [2.05, 4.69) is 16.0 Å². The molecule has 0 radical (unpaired) electrons. The third-order valence-corrected chi connectivity index (χ3v) is 5.18. The van der Waals surface area contributed by atoms with Gasteiger partial charge in [-0.2, -0.15) is 0 Å². The molecule has 1 aromatic carbocycles. The monoisotopic (exact) mass is 358 g/mol. The number of benzene rings is 1. The van der Waals surface area contributed by atoms with Crippen molar-refractivity contribution in [2.45, 2.75) is 12.8 Å². The van der Waals surface area contributed by atoms with Gasteiger partial charge in [-0.25, -0.2) is 9.97 Å². The Morgan fingerprint density at radius 3 is 2.54 bits per heavy atom. The number of nitrogen functional groups attached to an aromatic ring is 1. The Hall–Kier alpha value is -2.04. The molecular weight excluding hydrogens is 343 g/mol. The van der Waals surface area contributed by atoms with Gasteiger partial charge in [-0.15, -0.1) is 0 Å². The molecule has 2 aromatic heterocycles. The Labute approximate surface area is 150 Å². The lowest BCUT2D eigenvalue weighted by molar-refractivity contribution is 0.944. The maximum atomic E-state index is 6.44. The predicted molar refractivity (Wildman–Crippen MR) is 101 cm³/mol. The van der Waals surface area contributed by atoms with Crippen LogP contribution in [0.4, 0.5) is 11.6 Å². The average Bonchev–Trinajstić information content (AvgIpc) is 3.13. The minimum absolute atomic E-state index is 0.486. The Morgan fingerprint density at radius 2 is 1.83 bits per heavy atom. The Kier molecular flexibility index (Phi) is 3.94. The van der Waals surface area contributed by atoms with Gasteiger partial charge in [0, 0.05) is 30.2 Å². The number of rotatable bonds is 2. The van der Waals surface area contributed by atoms with Gasteiger partial charge in [0.15, 0.2) is 0 Å². The fourth-order valence-corrected chi connectivity index (χ4v) is 3.49. The lowest BCUT2D eigenvalue weighted by atomic mass is 10.0. The molecule has 0 spiro atoms. The number of aromatic nitrogens is 2. The molecule has 6 heteroatoms. The van der Waals surface area contributed by atoms with E-state index in [1.165, 1.54) is 12.8 Å². The number of halogens is 2. The van der Waals surface area contributed by atoms with Crippen molar-refractivity contribution >= 4 is 45.7 Å². The Balaban J connectivity index is 1.99. The Bertz CT molecular complexity index is 903.